The van der Waals surface area contributed by atoms with Crippen LogP contribution in [0.4, 0.5) is 0 Å². The van der Waals surface area contributed by atoms with E-state index < -0.39 is 0 Å². The van der Waals surface area contributed by atoms with E-state index in [1.165, 1.54) is 5.56 Å². The van der Waals surface area contributed by atoms with Crippen molar-refractivity contribution in [1.82, 2.24) is 25.4 Å². The Kier molecular flexibility index (Phi) is 5.76. The van der Waals surface area contributed by atoms with Crippen LogP contribution in [0.1, 0.15) is 30.1 Å². The summed E-state index contributed by atoms with van der Waals surface area (Å²) in [6.45, 7) is 4.67. The Labute approximate surface area is 165 Å². The second-order valence-electron chi connectivity index (χ2n) is 7.34. The summed E-state index contributed by atoms with van der Waals surface area (Å²) in [5, 5.41) is 15.1. The summed E-state index contributed by atoms with van der Waals surface area (Å²) >= 11 is 0. The Balaban J connectivity index is 1.36. The minimum Gasteiger partial charge on any atom is -0.488 e. The summed E-state index contributed by atoms with van der Waals surface area (Å²) in [5.74, 6) is 3.44. The molecule has 2 unspecified atom stereocenters. The van der Waals surface area contributed by atoms with Gasteiger partial charge in [-0.1, -0.05) is 18.2 Å². The average Bonchev–Trinajstić information content (AvgIpc) is 3.43. The lowest BCUT2D eigenvalue weighted by molar-refractivity contribution is 0.113. The number of nitrogens with one attached hydrogen (secondary N) is 2. The number of aromatic nitrogens is 3. The van der Waals surface area contributed by atoms with E-state index in [0.29, 0.717) is 13.1 Å². The molecule has 0 amide bonds. The lowest BCUT2D eigenvalue weighted by Crippen LogP contribution is -2.44. The molecule has 2 aliphatic heterocycles. The predicted octanol–water partition coefficient (Wildman–Crippen LogP) is 1.34. The van der Waals surface area contributed by atoms with E-state index in [0.717, 1.165) is 55.8 Å². The summed E-state index contributed by atoms with van der Waals surface area (Å²) in [7, 11) is 1.96. The van der Waals surface area contributed by atoms with Crippen LogP contribution in [0.25, 0.3) is 0 Å². The fraction of sp³-hybridized carbons (Fsp3) is 0.550. The van der Waals surface area contributed by atoms with Crippen molar-refractivity contribution in [3.8, 4) is 5.75 Å². The molecule has 0 aliphatic carbocycles. The molecule has 8 heteroatoms. The molecule has 8 nitrogen and oxygen atoms in total. The Bertz CT molecular complexity index is 803. The van der Waals surface area contributed by atoms with E-state index in [4.69, 9.17) is 14.5 Å². The van der Waals surface area contributed by atoms with Crippen molar-refractivity contribution in [3.63, 3.8) is 0 Å². The summed E-state index contributed by atoms with van der Waals surface area (Å²) in [4.78, 5) is 4.70. The molecule has 2 aromatic rings. The van der Waals surface area contributed by atoms with Gasteiger partial charge in [-0.2, -0.15) is 0 Å². The molecule has 3 heterocycles. The zero-order chi connectivity index (χ0) is 19.3. The van der Waals surface area contributed by atoms with Gasteiger partial charge in [0, 0.05) is 26.6 Å². The zero-order valence-corrected chi connectivity index (χ0v) is 16.5. The van der Waals surface area contributed by atoms with Crippen LogP contribution in [-0.2, 0) is 24.8 Å². The number of aryl methyl sites for hydroxylation is 1. The van der Waals surface area contributed by atoms with E-state index in [1.54, 1.807) is 0 Å². The number of para-hydroxylation sites is 1. The van der Waals surface area contributed by atoms with Crippen LogP contribution in [0, 0.1) is 6.92 Å². The highest BCUT2D eigenvalue weighted by Crippen LogP contribution is 2.27. The van der Waals surface area contributed by atoms with Crippen molar-refractivity contribution in [2.24, 2.45) is 12.0 Å². The molecule has 4 rings (SSSR count). The molecule has 2 atom stereocenters. The molecular formula is C20H28N6O2. The number of guanidine groups is 1. The highest BCUT2D eigenvalue weighted by atomic mass is 16.5. The maximum absolute atomic E-state index is 6.02. The summed E-state index contributed by atoms with van der Waals surface area (Å²) in [6.07, 6.45) is 3.47. The van der Waals surface area contributed by atoms with Gasteiger partial charge in [-0.05, 0) is 31.4 Å². The number of benzene rings is 1. The molecule has 1 aromatic carbocycles. The number of hydrogen-bond donors (Lipinski definition) is 2. The van der Waals surface area contributed by atoms with E-state index in [2.05, 4.69) is 33.0 Å². The lowest BCUT2D eigenvalue weighted by Gasteiger charge is -2.18. The number of nitrogens with zero attached hydrogens (tertiary/aromatic N) is 4. The first-order valence-corrected chi connectivity index (χ1v) is 9.92. The summed E-state index contributed by atoms with van der Waals surface area (Å²) < 4.78 is 13.7. The maximum atomic E-state index is 6.02. The molecule has 1 fully saturated rings. The third-order valence-corrected chi connectivity index (χ3v) is 5.29. The molecule has 0 saturated carbocycles. The minimum absolute atomic E-state index is 0.101. The van der Waals surface area contributed by atoms with Gasteiger partial charge in [0.05, 0.1) is 12.6 Å². The molecule has 1 aromatic heterocycles. The number of ether oxygens (including phenoxy) is 2. The second kappa shape index (κ2) is 8.60. The first-order chi connectivity index (χ1) is 13.7. The van der Waals surface area contributed by atoms with Crippen LogP contribution in [0.3, 0.4) is 0 Å². The predicted molar refractivity (Wildman–Crippen MR) is 106 cm³/mol. The minimum atomic E-state index is 0.101. The fourth-order valence-corrected chi connectivity index (χ4v) is 3.51. The standard InChI is InChI=1S/C20H28N6O2/c1-14-24-25-19(26(14)2)13-23-20(21-11-16-7-5-9-27-16)22-12-17-10-15-6-3-4-8-18(15)28-17/h3-4,6,8,16-17H,5,7,9-13H2,1-2H3,(H2,21,22,23). The van der Waals surface area contributed by atoms with Crippen LogP contribution in [-0.4, -0.2) is 52.6 Å². The molecule has 150 valence electrons. The number of aliphatic imine (C=N–C) groups is 1. The molecule has 2 aliphatic rings. The summed E-state index contributed by atoms with van der Waals surface area (Å²) in [6, 6.07) is 8.21. The van der Waals surface area contributed by atoms with Gasteiger partial charge in [0.15, 0.2) is 11.8 Å². The van der Waals surface area contributed by atoms with Gasteiger partial charge in [0.2, 0.25) is 0 Å². The number of hydrogen-bond acceptors (Lipinski definition) is 5. The van der Waals surface area contributed by atoms with Crippen LogP contribution in [0.15, 0.2) is 29.3 Å². The van der Waals surface area contributed by atoms with Crippen LogP contribution < -0.4 is 15.4 Å². The van der Waals surface area contributed by atoms with Gasteiger partial charge < -0.3 is 24.7 Å². The first kappa shape index (κ1) is 18.7. The normalized spacial score (nSPS) is 21.4. The van der Waals surface area contributed by atoms with Crippen molar-refractivity contribution >= 4 is 5.96 Å². The highest BCUT2D eigenvalue weighted by Gasteiger charge is 2.23. The van der Waals surface area contributed by atoms with Crippen molar-refractivity contribution < 1.29 is 9.47 Å². The Morgan fingerprint density at radius 3 is 2.75 bits per heavy atom. The largest absolute Gasteiger partial charge is 0.488 e. The maximum Gasteiger partial charge on any atom is 0.191 e. The molecule has 28 heavy (non-hydrogen) atoms. The third-order valence-electron chi connectivity index (χ3n) is 5.29. The zero-order valence-electron chi connectivity index (χ0n) is 16.5. The second-order valence-corrected chi connectivity index (χ2v) is 7.34. The fourth-order valence-electron chi connectivity index (χ4n) is 3.51. The molecule has 0 bridgehead atoms. The first-order valence-electron chi connectivity index (χ1n) is 9.92. The molecule has 1 saturated heterocycles. The molecule has 0 spiro atoms. The Morgan fingerprint density at radius 2 is 2.04 bits per heavy atom. The summed E-state index contributed by atoms with van der Waals surface area (Å²) in [5.41, 5.74) is 1.26. The number of rotatable bonds is 6. The van der Waals surface area contributed by atoms with Gasteiger partial charge in [0.25, 0.3) is 0 Å². The average molecular weight is 384 g/mol. The monoisotopic (exact) mass is 384 g/mol. The Hall–Kier alpha value is -2.61. The van der Waals surface area contributed by atoms with Gasteiger partial charge in [0.1, 0.15) is 24.2 Å². The van der Waals surface area contributed by atoms with Gasteiger partial charge in [-0.15, -0.1) is 10.2 Å². The number of fused-ring (bicyclic) bond motifs is 1. The van der Waals surface area contributed by atoms with E-state index >= 15 is 0 Å². The van der Waals surface area contributed by atoms with E-state index in [9.17, 15) is 0 Å². The third kappa shape index (κ3) is 4.44. The van der Waals surface area contributed by atoms with Crippen molar-refractivity contribution in [3.05, 3.63) is 41.5 Å². The van der Waals surface area contributed by atoms with E-state index in [1.807, 2.05) is 30.7 Å². The molecule has 2 N–H and O–H groups in total. The quantitative estimate of drug-likeness (QED) is 0.578. The van der Waals surface area contributed by atoms with Crippen LogP contribution in [0.5, 0.6) is 5.75 Å². The van der Waals surface area contributed by atoms with Crippen molar-refractivity contribution in [2.45, 2.75) is 44.9 Å². The van der Waals surface area contributed by atoms with Gasteiger partial charge in [-0.3, -0.25) is 0 Å². The SMILES string of the molecule is Cc1nnc(CN=C(NCC2CCCO2)NCC2Cc3ccccc3O2)n1C. The van der Waals surface area contributed by atoms with Crippen molar-refractivity contribution in [2.75, 3.05) is 19.7 Å². The lowest BCUT2D eigenvalue weighted by atomic mass is 10.1. The van der Waals surface area contributed by atoms with Crippen molar-refractivity contribution in [1.29, 1.82) is 0 Å². The topological polar surface area (TPSA) is 85.6 Å². The van der Waals surface area contributed by atoms with Gasteiger partial charge in [-0.25, -0.2) is 4.99 Å². The van der Waals surface area contributed by atoms with E-state index in [-0.39, 0.29) is 12.2 Å². The Morgan fingerprint density at radius 1 is 1.21 bits per heavy atom. The smallest absolute Gasteiger partial charge is 0.191 e. The van der Waals surface area contributed by atoms with Gasteiger partial charge >= 0.3 is 0 Å². The van der Waals surface area contributed by atoms with Crippen LogP contribution in [0.2, 0.25) is 0 Å². The molecular weight excluding hydrogens is 356 g/mol. The molecule has 0 radical (unpaired) electrons. The van der Waals surface area contributed by atoms with Crippen LogP contribution >= 0.6 is 0 Å². The highest BCUT2D eigenvalue weighted by molar-refractivity contribution is 5.79.